The van der Waals surface area contributed by atoms with E-state index >= 15 is 0 Å². The van der Waals surface area contributed by atoms with Gasteiger partial charge in [0.25, 0.3) is 0 Å². The summed E-state index contributed by atoms with van der Waals surface area (Å²) in [4.78, 5) is 16.2. The molecule has 0 aliphatic carbocycles. The van der Waals surface area contributed by atoms with E-state index in [2.05, 4.69) is 25.7 Å². The van der Waals surface area contributed by atoms with E-state index in [1.54, 1.807) is 11.8 Å². The van der Waals surface area contributed by atoms with Gasteiger partial charge in [0, 0.05) is 31.7 Å². The number of likely N-dealkylation sites (tertiary alicyclic amines) is 1. The third kappa shape index (κ3) is 3.39. The normalized spacial score (nSPS) is 22.4. The van der Waals surface area contributed by atoms with Crippen LogP contribution in [0.2, 0.25) is 0 Å². The van der Waals surface area contributed by atoms with E-state index in [1.807, 2.05) is 18.2 Å². The molecule has 1 aliphatic rings. The summed E-state index contributed by atoms with van der Waals surface area (Å²) in [6, 6.07) is 0.402. The van der Waals surface area contributed by atoms with Crippen LogP contribution in [0.3, 0.4) is 0 Å². The largest absolute Gasteiger partial charge is 0.341 e. The van der Waals surface area contributed by atoms with Gasteiger partial charge < -0.3 is 4.90 Å². The highest BCUT2D eigenvalue weighted by molar-refractivity contribution is 7.99. The first-order chi connectivity index (χ1) is 7.36. The molecule has 1 amide bonds. The molecule has 1 rings (SSSR count). The molecule has 1 aliphatic heterocycles. The van der Waals surface area contributed by atoms with Crippen molar-refractivity contribution in [1.29, 1.82) is 0 Å². The first-order valence-corrected chi connectivity index (χ1v) is 7.25. The van der Waals surface area contributed by atoms with Gasteiger partial charge in [-0.05, 0) is 33.4 Å². The number of rotatable bonds is 3. The van der Waals surface area contributed by atoms with E-state index in [1.165, 1.54) is 0 Å². The fraction of sp³-hybridized carbons (Fsp3) is 0.917. The molecule has 0 aromatic carbocycles. The van der Waals surface area contributed by atoms with Crippen molar-refractivity contribution in [3.05, 3.63) is 0 Å². The molecule has 4 heteroatoms. The number of amides is 1. The summed E-state index contributed by atoms with van der Waals surface area (Å²) in [5.74, 6) is 0.857. The topological polar surface area (TPSA) is 23.6 Å². The van der Waals surface area contributed by atoms with Crippen LogP contribution in [-0.4, -0.2) is 59.4 Å². The molecule has 1 unspecified atom stereocenters. The number of thioether (sulfide) groups is 1. The van der Waals surface area contributed by atoms with Gasteiger partial charge in [-0.2, -0.15) is 11.8 Å². The van der Waals surface area contributed by atoms with Gasteiger partial charge >= 0.3 is 0 Å². The van der Waals surface area contributed by atoms with Crippen LogP contribution < -0.4 is 0 Å². The van der Waals surface area contributed by atoms with Gasteiger partial charge in [-0.15, -0.1) is 0 Å². The Morgan fingerprint density at radius 3 is 2.56 bits per heavy atom. The second kappa shape index (κ2) is 5.41. The minimum atomic E-state index is 0.220. The minimum Gasteiger partial charge on any atom is -0.341 e. The molecule has 0 N–H and O–H groups in total. The second-order valence-corrected chi connectivity index (χ2v) is 6.36. The van der Waals surface area contributed by atoms with Crippen LogP contribution in [0.15, 0.2) is 0 Å². The summed E-state index contributed by atoms with van der Waals surface area (Å²) in [5, 5.41) is 0. The summed E-state index contributed by atoms with van der Waals surface area (Å²) in [6.45, 7) is 8.82. The number of nitrogens with zero attached hydrogens (tertiary/aromatic N) is 2. The predicted octanol–water partition coefficient (Wildman–Crippen LogP) is 1.68. The molecule has 0 spiro atoms. The van der Waals surface area contributed by atoms with Crippen molar-refractivity contribution in [1.82, 2.24) is 9.80 Å². The Bertz CT molecular complexity index is 250. The average Bonchev–Trinajstić information content (AvgIpc) is 2.65. The number of hydrogen-bond acceptors (Lipinski definition) is 3. The van der Waals surface area contributed by atoms with E-state index in [9.17, 15) is 4.79 Å². The first-order valence-electron chi connectivity index (χ1n) is 5.86. The van der Waals surface area contributed by atoms with Gasteiger partial charge in [0.2, 0.25) is 5.91 Å². The monoisotopic (exact) mass is 244 g/mol. The molecule has 94 valence electrons. The zero-order valence-corrected chi connectivity index (χ0v) is 11.9. The van der Waals surface area contributed by atoms with Crippen LogP contribution in [0.25, 0.3) is 0 Å². The van der Waals surface area contributed by atoms with E-state index in [-0.39, 0.29) is 11.4 Å². The van der Waals surface area contributed by atoms with Crippen LogP contribution in [-0.2, 0) is 4.79 Å². The van der Waals surface area contributed by atoms with Crippen LogP contribution in [0.1, 0.15) is 27.2 Å². The van der Waals surface area contributed by atoms with Crippen molar-refractivity contribution in [3.8, 4) is 0 Å². The fourth-order valence-corrected chi connectivity index (χ4v) is 2.55. The average molecular weight is 244 g/mol. The summed E-state index contributed by atoms with van der Waals surface area (Å²) in [5.41, 5.74) is 0.220. The molecule has 1 fully saturated rings. The number of likely N-dealkylation sites (N-methyl/N-ethyl adjacent to an activating group) is 1. The van der Waals surface area contributed by atoms with Crippen LogP contribution in [0.4, 0.5) is 0 Å². The molecule has 0 radical (unpaired) electrons. The van der Waals surface area contributed by atoms with Crippen molar-refractivity contribution in [3.63, 3.8) is 0 Å². The number of carbonyl (C=O) groups excluding carboxylic acids is 1. The Hall–Kier alpha value is -0.220. The maximum Gasteiger partial charge on any atom is 0.232 e. The molecule has 1 heterocycles. The smallest absolute Gasteiger partial charge is 0.232 e. The molecular formula is C12H24N2OS. The van der Waals surface area contributed by atoms with Gasteiger partial charge in [0.1, 0.15) is 0 Å². The fourth-order valence-electron chi connectivity index (χ4n) is 2.10. The minimum absolute atomic E-state index is 0.220. The van der Waals surface area contributed by atoms with Crippen molar-refractivity contribution in [2.45, 2.75) is 38.8 Å². The van der Waals surface area contributed by atoms with Gasteiger partial charge in [0.05, 0.1) is 5.75 Å². The Labute approximate surface area is 104 Å². The van der Waals surface area contributed by atoms with Gasteiger partial charge in [-0.3, -0.25) is 9.69 Å². The highest BCUT2D eigenvalue weighted by Crippen LogP contribution is 2.23. The zero-order chi connectivity index (χ0) is 12.3. The maximum absolute atomic E-state index is 11.8. The predicted molar refractivity (Wildman–Crippen MR) is 70.9 cm³/mol. The second-order valence-electron chi connectivity index (χ2n) is 5.50. The highest BCUT2D eigenvalue weighted by Gasteiger charge is 2.33. The number of carbonyl (C=O) groups is 1. The Morgan fingerprint density at radius 1 is 1.50 bits per heavy atom. The van der Waals surface area contributed by atoms with Crippen molar-refractivity contribution in [2.75, 3.05) is 32.1 Å². The molecule has 0 aromatic rings. The first kappa shape index (κ1) is 13.8. The third-order valence-electron chi connectivity index (χ3n) is 3.32. The zero-order valence-electron chi connectivity index (χ0n) is 11.1. The lowest BCUT2D eigenvalue weighted by Crippen LogP contribution is -2.44. The lowest BCUT2D eigenvalue weighted by molar-refractivity contribution is -0.128. The molecule has 0 saturated carbocycles. The lowest BCUT2D eigenvalue weighted by atomic mass is 10.1. The Balaban J connectivity index is 2.50. The summed E-state index contributed by atoms with van der Waals surface area (Å²) in [7, 11) is 1.94. The molecule has 0 bridgehead atoms. The molecule has 1 atom stereocenters. The van der Waals surface area contributed by atoms with Crippen molar-refractivity contribution >= 4 is 17.7 Å². The SMILES string of the molecule is CSCC(=O)N(C)C1CCN(C(C)(C)C)C1. The summed E-state index contributed by atoms with van der Waals surface area (Å²) in [6.07, 6.45) is 3.08. The summed E-state index contributed by atoms with van der Waals surface area (Å²) < 4.78 is 0. The van der Waals surface area contributed by atoms with Crippen molar-refractivity contribution < 1.29 is 4.79 Å². The van der Waals surface area contributed by atoms with Crippen LogP contribution in [0.5, 0.6) is 0 Å². The molecule has 16 heavy (non-hydrogen) atoms. The van der Waals surface area contributed by atoms with E-state index in [0.29, 0.717) is 11.8 Å². The summed E-state index contributed by atoms with van der Waals surface area (Å²) >= 11 is 1.60. The van der Waals surface area contributed by atoms with E-state index < -0.39 is 0 Å². The van der Waals surface area contributed by atoms with E-state index in [4.69, 9.17) is 0 Å². The lowest BCUT2D eigenvalue weighted by Gasteiger charge is -2.32. The third-order valence-corrected chi connectivity index (χ3v) is 3.86. The standard InChI is InChI=1S/C12H24N2OS/c1-12(2,3)14-7-6-10(8-14)13(4)11(15)9-16-5/h10H,6-9H2,1-5H3. The van der Waals surface area contributed by atoms with E-state index in [0.717, 1.165) is 19.5 Å². The highest BCUT2D eigenvalue weighted by atomic mass is 32.2. The molecule has 3 nitrogen and oxygen atoms in total. The molecule has 1 saturated heterocycles. The Kier molecular flexibility index (Phi) is 4.68. The Morgan fingerprint density at radius 2 is 2.12 bits per heavy atom. The van der Waals surface area contributed by atoms with Gasteiger partial charge in [-0.25, -0.2) is 0 Å². The molecule has 0 aromatic heterocycles. The van der Waals surface area contributed by atoms with Crippen LogP contribution >= 0.6 is 11.8 Å². The quantitative estimate of drug-likeness (QED) is 0.755. The van der Waals surface area contributed by atoms with Gasteiger partial charge in [-0.1, -0.05) is 0 Å². The van der Waals surface area contributed by atoms with Crippen LogP contribution in [0, 0.1) is 0 Å². The number of hydrogen-bond donors (Lipinski definition) is 0. The molecular weight excluding hydrogens is 220 g/mol. The van der Waals surface area contributed by atoms with Gasteiger partial charge in [0.15, 0.2) is 0 Å². The van der Waals surface area contributed by atoms with Crippen molar-refractivity contribution in [2.24, 2.45) is 0 Å². The maximum atomic E-state index is 11.8.